The van der Waals surface area contributed by atoms with Gasteiger partial charge in [0, 0.05) is 25.6 Å². The van der Waals surface area contributed by atoms with Gasteiger partial charge >= 0.3 is 0 Å². The van der Waals surface area contributed by atoms with Crippen molar-refractivity contribution in [2.45, 2.75) is 38.1 Å². The molecule has 138 valence electrons. The van der Waals surface area contributed by atoms with Crippen LogP contribution in [-0.2, 0) is 27.5 Å². The van der Waals surface area contributed by atoms with Crippen molar-refractivity contribution in [3.63, 3.8) is 0 Å². The number of hydrogen-bond donors (Lipinski definition) is 1. The minimum atomic E-state index is -3.00. The molecule has 1 amide bonds. The number of nitrogens with zero attached hydrogens (tertiary/aromatic N) is 1. The Morgan fingerprint density at radius 3 is 2.48 bits per heavy atom. The summed E-state index contributed by atoms with van der Waals surface area (Å²) in [7, 11) is -1.11. The van der Waals surface area contributed by atoms with Gasteiger partial charge in [0.25, 0.3) is 0 Å². The summed E-state index contributed by atoms with van der Waals surface area (Å²) in [6.07, 6.45) is 4.59. The third kappa shape index (κ3) is 5.05. The number of amides is 1. The smallest absolute Gasteiger partial charge is 0.221 e. The molecule has 1 N–H and O–H groups in total. The summed E-state index contributed by atoms with van der Waals surface area (Å²) in [6, 6.07) is 8.40. The summed E-state index contributed by atoms with van der Waals surface area (Å²) < 4.78 is 23.6. The van der Waals surface area contributed by atoms with Gasteiger partial charge < -0.3 is 10.2 Å². The van der Waals surface area contributed by atoms with E-state index in [9.17, 15) is 13.2 Å². The van der Waals surface area contributed by atoms with Crippen LogP contribution in [0.4, 0.5) is 0 Å². The molecule has 1 heterocycles. The van der Waals surface area contributed by atoms with Gasteiger partial charge in [-0.2, -0.15) is 0 Å². The van der Waals surface area contributed by atoms with Gasteiger partial charge in [0.05, 0.1) is 11.5 Å². The third-order valence-electron chi connectivity index (χ3n) is 5.60. The Labute approximate surface area is 150 Å². The van der Waals surface area contributed by atoms with Gasteiger partial charge in [-0.05, 0) is 49.8 Å². The summed E-state index contributed by atoms with van der Waals surface area (Å²) in [6.45, 7) is 1.21. The van der Waals surface area contributed by atoms with Gasteiger partial charge in [-0.25, -0.2) is 8.42 Å². The lowest BCUT2D eigenvalue weighted by atomic mass is 9.99. The van der Waals surface area contributed by atoms with Gasteiger partial charge in [0.1, 0.15) is 0 Å². The fourth-order valence-corrected chi connectivity index (χ4v) is 5.53. The van der Waals surface area contributed by atoms with Crippen LogP contribution in [-0.4, -0.2) is 56.9 Å². The SMILES string of the molecule is CN1CCS(=O)(=O)CC1CC(=O)NCC1CCc2ccccc2CC1. The predicted octanol–water partition coefficient (Wildman–Crippen LogP) is 1.42. The minimum absolute atomic E-state index is 0.0317. The molecule has 1 atom stereocenters. The average molecular weight is 365 g/mol. The lowest BCUT2D eigenvalue weighted by molar-refractivity contribution is -0.122. The highest BCUT2D eigenvalue weighted by Gasteiger charge is 2.30. The molecule has 5 nitrogen and oxygen atoms in total. The summed E-state index contributed by atoms with van der Waals surface area (Å²) in [4.78, 5) is 14.3. The molecular weight excluding hydrogens is 336 g/mol. The highest BCUT2D eigenvalue weighted by Crippen LogP contribution is 2.24. The largest absolute Gasteiger partial charge is 0.356 e. The maximum absolute atomic E-state index is 12.3. The molecule has 2 aliphatic rings. The first-order valence-electron chi connectivity index (χ1n) is 9.17. The zero-order valence-corrected chi connectivity index (χ0v) is 15.7. The fourth-order valence-electron chi connectivity index (χ4n) is 3.84. The second-order valence-corrected chi connectivity index (χ2v) is 9.70. The van der Waals surface area contributed by atoms with E-state index in [2.05, 4.69) is 29.6 Å². The molecule has 1 aromatic rings. The van der Waals surface area contributed by atoms with Crippen molar-refractivity contribution < 1.29 is 13.2 Å². The summed E-state index contributed by atoms with van der Waals surface area (Å²) in [5.74, 6) is 0.750. The van der Waals surface area contributed by atoms with E-state index in [-0.39, 0.29) is 29.9 Å². The topological polar surface area (TPSA) is 66.5 Å². The van der Waals surface area contributed by atoms with Crippen molar-refractivity contribution in [3.8, 4) is 0 Å². The van der Waals surface area contributed by atoms with Crippen molar-refractivity contribution in [3.05, 3.63) is 35.4 Å². The quantitative estimate of drug-likeness (QED) is 0.821. The summed E-state index contributed by atoms with van der Waals surface area (Å²) >= 11 is 0. The molecule has 1 aliphatic carbocycles. The molecule has 1 aromatic carbocycles. The standard InChI is InChI=1S/C19H28N2O3S/c1-21-10-11-25(23,24)14-18(21)12-19(22)20-13-15-6-8-16-4-2-3-5-17(16)9-7-15/h2-5,15,18H,6-14H2,1H3,(H,20,22). The first kappa shape index (κ1) is 18.4. The van der Waals surface area contributed by atoms with E-state index >= 15 is 0 Å². The van der Waals surface area contributed by atoms with Crippen LogP contribution in [0, 0.1) is 5.92 Å². The Bertz CT molecular complexity index is 690. The molecular formula is C19H28N2O3S. The van der Waals surface area contributed by atoms with Crippen LogP contribution in [0.15, 0.2) is 24.3 Å². The molecule has 1 fully saturated rings. The minimum Gasteiger partial charge on any atom is -0.356 e. The highest BCUT2D eigenvalue weighted by molar-refractivity contribution is 7.91. The van der Waals surface area contributed by atoms with Crippen LogP contribution >= 0.6 is 0 Å². The Morgan fingerprint density at radius 1 is 1.20 bits per heavy atom. The summed E-state index contributed by atoms with van der Waals surface area (Å²) in [5.41, 5.74) is 2.87. The summed E-state index contributed by atoms with van der Waals surface area (Å²) in [5, 5.41) is 3.04. The zero-order valence-electron chi connectivity index (χ0n) is 14.9. The monoisotopic (exact) mass is 364 g/mol. The van der Waals surface area contributed by atoms with Crippen LogP contribution in [0.1, 0.15) is 30.4 Å². The van der Waals surface area contributed by atoms with E-state index in [0.29, 0.717) is 19.0 Å². The van der Waals surface area contributed by atoms with Crippen molar-refractivity contribution >= 4 is 15.7 Å². The molecule has 3 rings (SSSR count). The van der Waals surface area contributed by atoms with Gasteiger partial charge in [0.15, 0.2) is 9.84 Å². The molecule has 0 radical (unpaired) electrons. The first-order chi connectivity index (χ1) is 11.9. The fraction of sp³-hybridized carbons (Fsp3) is 0.632. The molecule has 6 heteroatoms. The van der Waals surface area contributed by atoms with Crippen LogP contribution in [0.2, 0.25) is 0 Å². The van der Waals surface area contributed by atoms with E-state index in [4.69, 9.17) is 0 Å². The number of fused-ring (bicyclic) bond motifs is 1. The van der Waals surface area contributed by atoms with Crippen molar-refractivity contribution in [2.75, 3.05) is 31.6 Å². The number of carbonyl (C=O) groups is 1. The number of sulfone groups is 1. The average Bonchev–Trinajstić information content (AvgIpc) is 2.79. The second-order valence-electron chi connectivity index (χ2n) is 7.47. The van der Waals surface area contributed by atoms with E-state index in [1.54, 1.807) is 0 Å². The van der Waals surface area contributed by atoms with Crippen LogP contribution < -0.4 is 5.32 Å². The number of rotatable bonds is 4. The zero-order chi connectivity index (χ0) is 17.9. The third-order valence-corrected chi connectivity index (χ3v) is 7.29. The molecule has 0 aromatic heterocycles. The van der Waals surface area contributed by atoms with E-state index in [1.165, 1.54) is 11.1 Å². The van der Waals surface area contributed by atoms with Gasteiger partial charge in [0.2, 0.25) is 5.91 Å². The Balaban J connectivity index is 1.46. The van der Waals surface area contributed by atoms with Crippen LogP contribution in [0.3, 0.4) is 0 Å². The molecule has 1 unspecified atom stereocenters. The number of aryl methyl sites for hydroxylation is 2. The molecule has 0 saturated carbocycles. The number of hydrogen-bond acceptors (Lipinski definition) is 4. The lowest BCUT2D eigenvalue weighted by Crippen LogP contribution is -2.48. The highest BCUT2D eigenvalue weighted by atomic mass is 32.2. The number of benzene rings is 1. The van der Waals surface area contributed by atoms with E-state index in [0.717, 1.165) is 25.7 Å². The molecule has 1 saturated heterocycles. The lowest BCUT2D eigenvalue weighted by Gasteiger charge is -2.31. The van der Waals surface area contributed by atoms with E-state index in [1.807, 2.05) is 11.9 Å². The maximum Gasteiger partial charge on any atom is 0.221 e. The number of carbonyl (C=O) groups excluding carboxylic acids is 1. The predicted molar refractivity (Wildman–Crippen MR) is 99.3 cm³/mol. The van der Waals surface area contributed by atoms with E-state index < -0.39 is 9.84 Å². The van der Waals surface area contributed by atoms with Crippen molar-refractivity contribution in [1.29, 1.82) is 0 Å². The van der Waals surface area contributed by atoms with Crippen LogP contribution in [0.5, 0.6) is 0 Å². The normalized spacial score (nSPS) is 24.3. The van der Waals surface area contributed by atoms with Crippen LogP contribution in [0.25, 0.3) is 0 Å². The second kappa shape index (κ2) is 7.87. The van der Waals surface area contributed by atoms with Gasteiger partial charge in [-0.15, -0.1) is 0 Å². The van der Waals surface area contributed by atoms with Crippen molar-refractivity contribution in [2.24, 2.45) is 5.92 Å². The Hall–Kier alpha value is -1.40. The maximum atomic E-state index is 12.3. The molecule has 25 heavy (non-hydrogen) atoms. The van der Waals surface area contributed by atoms with Gasteiger partial charge in [-0.3, -0.25) is 4.79 Å². The molecule has 0 bridgehead atoms. The van der Waals surface area contributed by atoms with Crippen molar-refractivity contribution in [1.82, 2.24) is 10.2 Å². The number of nitrogens with one attached hydrogen (secondary N) is 1. The Morgan fingerprint density at radius 2 is 1.84 bits per heavy atom. The first-order valence-corrected chi connectivity index (χ1v) is 11.0. The molecule has 1 aliphatic heterocycles. The Kier molecular flexibility index (Phi) is 5.79. The molecule has 0 spiro atoms. The van der Waals surface area contributed by atoms with Gasteiger partial charge in [-0.1, -0.05) is 24.3 Å².